The molecule has 1 atom stereocenters. The normalized spacial score (nSPS) is 18.3. The Hall–Kier alpha value is -2.53. The number of rotatable bonds is 5. The van der Waals surface area contributed by atoms with Crippen LogP contribution in [-0.2, 0) is 6.42 Å². The average molecular weight is 334 g/mol. The summed E-state index contributed by atoms with van der Waals surface area (Å²) in [5.41, 5.74) is 2.29. The van der Waals surface area contributed by atoms with E-state index in [1.807, 2.05) is 12.1 Å². The molecule has 0 bridgehead atoms. The van der Waals surface area contributed by atoms with E-state index in [4.69, 9.17) is 4.52 Å². The summed E-state index contributed by atoms with van der Waals surface area (Å²) in [5.74, 6) is 1.70. The van der Waals surface area contributed by atoms with Crippen molar-refractivity contribution in [2.24, 2.45) is 0 Å². The smallest absolute Gasteiger partial charge is 0.231 e. The Balaban J connectivity index is 1.39. The molecule has 0 spiro atoms. The average Bonchev–Trinajstić information content (AvgIpc) is 3.18. The van der Waals surface area contributed by atoms with Gasteiger partial charge in [0.25, 0.3) is 0 Å². The van der Waals surface area contributed by atoms with E-state index in [-0.39, 0.29) is 0 Å². The lowest BCUT2D eigenvalue weighted by molar-refractivity contribution is 0.189. The van der Waals surface area contributed by atoms with Gasteiger partial charge in [0.15, 0.2) is 0 Å². The number of likely N-dealkylation sites (tertiary alicyclic amines) is 1. The summed E-state index contributed by atoms with van der Waals surface area (Å²) >= 11 is 0. The van der Waals surface area contributed by atoms with Gasteiger partial charge in [0.2, 0.25) is 11.7 Å². The van der Waals surface area contributed by atoms with Crippen LogP contribution in [0.4, 0.5) is 0 Å². The summed E-state index contributed by atoms with van der Waals surface area (Å²) in [7, 11) is 0. The second-order valence-corrected chi connectivity index (χ2v) is 6.57. The molecule has 0 amide bonds. The highest BCUT2D eigenvalue weighted by Gasteiger charge is 2.26. The number of aromatic nitrogens is 3. The van der Waals surface area contributed by atoms with Gasteiger partial charge in [0.05, 0.1) is 5.92 Å². The van der Waals surface area contributed by atoms with Crippen molar-refractivity contribution in [1.29, 1.82) is 0 Å². The number of hydrogen-bond donors (Lipinski definition) is 0. The minimum Gasteiger partial charge on any atom is -0.339 e. The monoisotopic (exact) mass is 334 g/mol. The molecule has 2 aromatic heterocycles. The quantitative estimate of drug-likeness (QED) is 0.714. The van der Waals surface area contributed by atoms with Crippen LogP contribution in [-0.4, -0.2) is 39.7 Å². The number of piperidine rings is 1. The minimum absolute atomic E-state index is 0.322. The third kappa shape index (κ3) is 3.94. The largest absolute Gasteiger partial charge is 0.339 e. The van der Waals surface area contributed by atoms with Crippen LogP contribution in [0.1, 0.15) is 30.2 Å². The van der Waals surface area contributed by atoms with Gasteiger partial charge in [-0.15, -0.1) is 0 Å². The van der Waals surface area contributed by atoms with Gasteiger partial charge in [-0.05, 0) is 43.5 Å². The van der Waals surface area contributed by atoms with Crippen LogP contribution in [0.5, 0.6) is 0 Å². The Kier molecular flexibility index (Phi) is 4.84. The molecule has 0 radical (unpaired) electrons. The number of nitrogens with zero attached hydrogens (tertiary/aromatic N) is 4. The van der Waals surface area contributed by atoms with Crippen molar-refractivity contribution in [2.45, 2.75) is 25.2 Å². The molecule has 1 saturated heterocycles. The number of benzene rings is 1. The zero-order chi connectivity index (χ0) is 16.9. The summed E-state index contributed by atoms with van der Waals surface area (Å²) in [6, 6.07) is 14.5. The van der Waals surface area contributed by atoms with E-state index in [9.17, 15) is 0 Å². The fourth-order valence-electron chi connectivity index (χ4n) is 3.41. The van der Waals surface area contributed by atoms with Gasteiger partial charge in [-0.1, -0.05) is 35.5 Å². The third-order valence-corrected chi connectivity index (χ3v) is 4.78. The van der Waals surface area contributed by atoms with Gasteiger partial charge in [-0.25, -0.2) is 0 Å². The maximum atomic E-state index is 5.55. The maximum absolute atomic E-state index is 5.55. The van der Waals surface area contributed by atoms with Crippen LogP contribution in [0.15, 0.2) is 59.4 Å². The summed E-state index contributed by atoms with van der Waals surface area (Å²) in [6.45, 7) is 3.21. The van der Waals surface area contributed by atoms with E-state index in [0.29, 0.717) is 11.7 Å². The van der Waals surface area contributed by atoms with Crippen LogP contribution in [0.3, 0.4) is 0 Å². The molecule has 0 saturated carbocycles. The van der Waals surface area contributed by atoms with E-state index >= 15 is 0 Å². The third-order valence-electron chi connectivity index (χ3n) is 4.78. The van der Waals surface area contributed by atoms with Crippen molar-refractivity contribution in [1.82, 2.24) is 20.0 Å². The summed E-state index contributed by atoms with van der Waals surface area (Å²) in [5, 5.41) is 4.14. The molecule has 0 aliphatic carbocycles. The van der Waals surface area contributed by atoms with Crippen molar-refractivity contribution < 1.29 is 4.52 Å². The molecule has 3 heterocycles. The molecule has 1 aliphatic heterocycles. The van der Waals surface area contributed by atoms with Crippen LogP contribution in [0.25, 0.3) is 11.4 Å². The summed E-state index contributed by atoms with van der Waals surface area (Å²) in [6.07, 6.45) is 6.87. The van der Waals surface area contributed by atoms with Crippen molar-refractivity contribution >= 4 is 0 Å². The fourth-order valence-corrected chi connectivity index (χ4v) is 3.41. The molecule has 1 aromatic carbocycles. The molecule has 0 N–H and O–H groups in total. The molecular formula is C20H22N4O. The first-order chi connectivity index (χ1) is 12.4. The van der Waals surface area contributed by atoms with E-state index in [1.165, 1.54) is 12.0 Å². The minimum atomic E-state index is 0.322. The van der Waals surface area contributed by atoms with Gasteiger partial charge >= 0.3 is 0 Å². The molecule has 25 heavy (non-hydrogen) atoms. The van der Waals surface area contributed by atoms with Crippen molar-refractivity contribution in [2.75, 3.05) is 19.6 Å². The predicted octanol–water partition coefficient (Wildman–Crippen LogP) is 3.55. The van der Waals surface area contributed by atoms with Crippen LogP contribution < -0.4 is 0 Å². The Labute approximate surface area is 147 Å². The first-order valence-corrected chi connectivity index (χ1v) is 8.89. The zero-order valence-electron chi connectivity index (χ0n) is 14.2. The Bertz CT molecular complexity index is 788. The SMILES string of the molecule is c1ccc(CCN2CCCC(c3nc(-c4cccnc4)no3)C2)cc1. The Morgan fingerprint density at radius 1 is 1.12 bits per heavy atom. The van der Waals surface area contributed by atoms with E-state index in [2.05, 4.69) is 50.4 Å². The lowest BCUT2D eigenvalue weighted by Gasteiger charge is -2.30. The van der Waals surface area contributed by atoms with E-state index in [0.717, 1.165) is 43.9 Å². The van der Waals surface area contributed by atoms with E-state index in [1.54, 1.807) is 12.4 Å². The van der Waals surface area contributed by atoms with Crippen LogP contribution in [0.2, 0.25) is 0 Å². The molecule has 5 heteroatoms. The first-order valence-electron chi connectivity index (χ1n) is 8.89. The van der Waals surface area contributed by atoms with Gasteiger partial charge in [-0.3, -0.25) is 4.98 Å². The van der Waals surface area contributed by atoms with Crippen molar-refractivity contribution in [3.8, 4) is 11.4 Å². The van der Waals surface area contributed by atoms with E-state index < -0.39 is 0 Å². The molecule has 4 rings (SSSR count). The number of hydrogen-bond acceptors (Lipinski definition) is 5. The topological polar surface area (TPSA) is 55.1 Å². The summed E-state index contributed by atoms with van der Waals surface area (Å²) in [4.78, 5) is 11.2. The zero-order valence-corrected chi connectivity index (χ0v) is 14.2. The lowest BCUT2D eigenvalue weighted by atomic mass is 9.97. The maximum Gasteiger partial charge on any atom is 0.231 e. The molecule has 1 aliphatic rings. The highest BCUT2D eigenvalue weighted by atomic mass is 16.5. The van der Waals surface area contributed by atoms with Gasteiger partial charge < -0.3 is 9.42 Å². The molecule has 3 aromatic rings. The highest BCUT2D eigenvalue weighted by molar-refractivity contribution is 5.51. The second-order valence-electron chi connectivity index (χ2n) is 6.57. The first kappa shape index (κ1) is 16.0. The van der Waals surface area contributed by atoms with Crippen molar-refractivity contribution in [3.63, 3.8) is 0 Å². The van der Waals surface area contributed by atoms with Crippen molar-refractivity contribution in [3.05, 3.63) is 66.3 Å². The van der Waals surface area contributed by atoms with Crippen LogP contribution >= 0.6 is 0 Å². The second kappa shape index (κ2) is 7.57. The molecule has 5 nitrogen and oxygen atoms in total. The Morgan fingerprint density at radius 2 is 2.04 bits per heavy atom. The highest BCUT2D eigenvalue weighted by Crippen LogP contribution is 2.27. The molecule has 1 unspecified atom stereocenters. The molecule has 1 fully saturated rings. The fraction of sp³-hybridized carbons (Fsp3) is 0.350. The summed E-state index contributed by atoms with van der Waals surface area (Å²) < 4.78 is 5.55. The molecule has 128 valence electrons. The standard InChI is InChI=1S/C20H22N4O/c1-2-6-16(7-3-1)10-13-24-12-5-9-18(15-24)20-22-19(23-25-20)17-8-4-11-21-14-17/h1-4,6-8,11,14,18H,5,9-10,12-13,15H2. The number of pyridine rings is 1. The van der Waals surface area contributed by atoms with Gasteiger partial charge in [-0.2, -0.15) is 4.98 Å². The Morgan fingerprint density at radius 3 is 2.88 bits per heavy atom. The van der Waals surface area contributed by atoms with Gasteiger partial charge in [0, 0.05) is 31.0 Å². The predicted molar refractivity (Wildman–Crippen MR) is 96.1 cm³/mol. The lowest BCUT2D eigenvalue weighted by Crippen LogP contribution is -2.35. The van der Waals surface area contributed by atoms with Gasteiger partial charge in [0.1, 0.15) is 0 Å². The van der Waals surface area contributed by atoms with Crippen LogP contribution in [0, 0.1) is 0 Å². The molecular weight excluding hydrogens is 312 g/mol.